The Hall–Kier alpha value is -1.66. The molecule has 1 aliphatic heterocycles. The second-order valence-corrected chi connectivity index (χ2v) is 5.34. The van der Waals surface area contributed by atoms with Gasteiger partial charge in [0.1, 0.15) is 0 Å². The lowest BCUT2D eigenvalue weighted by atomic mass is 10.3. The number of halogens is 1. The molecule has 6 heteroatoms. The fraction of sp³-hybridized carbons (Fsp3) is 0. The van der Waals surface area contributed by atoms with Gasteiger partial charge in [0.05, 0.1) is 6.26 Å². The van der Waals surface area contributed by atoms with E-state index >= 15 is 0 Å². The van der Waals surface area contributed by atoms with Crippen molar-refractivity contribution in [2.75, 3.05) is 0 Å². The van der Waals surface area contributed by atoms with Crippen molar-refractivity contribution in [3.63, 3.8) is 0 Å². The van der Waals surface area contributed by atoms with Gasteiger partial charge in [-0.15, -0.1) is 11.3 Å². The van der Waals surface area contributed by atoms with Crippen molar-refractivity contribution in [1.29, 1.82) is 0 Å². The Morgan fingerprint density at radius 1 is 1.44 bits per heavy atom. The van der Waals surface area contributed by atoms with E-state index in [2.05, 4.69) is 20.9 Å². The first-order chi connectivity index (χ1) is 8.72. The van der Waals surface area contributed by atoms with Crippen LogP contribution in [0.25, 0.3) is 6.08 Å². The van der Waals surface area contributed by atoms with Crippen molar-refractivity contribution in [2.45, 2.75) is 0 Å². The minimum Gasteiger partial charge on any atom is -0.459 e. The monoisotopic (exact) mass is 323 g/mol. The van der Waals surface area contributed by atoms with Gasteiger partial charge in [-0.3, -0.25) is 0 Å². The molecule has 0 N–H and O–H groups in total. The molecule has 0 saturated carbocycles. The number of carbonyl (C=O) groups excluding carboxylic acids is 1. The summed E-state index contributed by atoms with van der Waals surface area (Å²) < 4.78 is 11.1. The van der Waals surface area contributed by atoms with Crippen molar-refractivity contribution in [2.24, 2.45) is 4.99 Å². The van der Waals surface area contributed by atoms with Gasteiger partial charge in [-0.05, 0) is 40.2 Å². The van der Waals surface area contributed by atoms with Crippen molar-refractivity contribution >= 4 is 45.2 Å². The molecule has 90 valence electrons. The molecule has 0 aromatic carbocycles. The lowest BCUT2D eigenvalue weighted by Crippen LogP contribution is -2.03. The molecule has 1 aliphatic rings. The number of hydrogen-bond donors (Lipinski definition) is 0. The topological polar surface area (TPSA) is 51.8 Å². The lowest BCUT2D eigenvalue weighted by molar-refractivity contribution is -0.130. The van der Waals surface area contributed by atoms with E-state index in [1.807, 2.05) is 11.4 Å². The highest BCUT2D eigenvalue weighted by Crippen LogP contribution is 2.25. The molecule has 0 amide bonds. The minimum absolute atomic E-state index is 0.201. The van der Waals surface area contributed by atoms with Crippen LogP contribution in [0.5, 0.6) is 0 Å². The number of hydrogen-bond acceptors (Lipinski definition) is 5. The normalized spacial score (nSPS) is 17.1. The zero-order chi connectivity index (χ0) is 12.5. The number of ether oxygens (including phenoxy) is 1. The molecular weight excluding hydrogens is 318 g/mol. The van der Waals surface area contributed by atoms with E-state index in [-0.39, 0.29) is 11.6 Å². The first-order valence-corrected chi connectivity index (χ1v) is 6.70. The molecule has 0 saturated heterocycles. The maximum absolute atomic E-state index is 11.6. The molecule has 0 aliphatic carbocycles. The van der Waals surface area contributed by atoms with Gasteiger partial charge in [0.25, 0.3) is 5.90 Å². The summed E-state index contributed by atoms with van der Waals surface area (Å²) in [6, 6.07) is 5.31. The maximum atomic E-state index is 11.6. The van der Waals surface area contributed by atoms with Crippen LogP contribution in [0.15, 0.2) is 49.4 Å². The van der Waals surface area contributed by atoms with E-state index in [1.165, 1.54) is 17.6 Å². The molecule has 3 heterocycles. The number of nitrogens with zero attached hydrogens (tertiary/aromatic N) is 1. The molecule has 18 heavy (non-hydrogen) atoms. The zero-order valence-corrected chi connectivity index (χ0v) is 11.3. The maximum Gasteiger partial charge on any atom is 0.363 e. The first kappa shape index (κ1) is 11.4. The minimum atomic E-state index is -0.467. The number of furan rings is 1. The van der Waals surface area contributed by atoms with Crippen LogP contribution in [0.4, 0.5) is 0 Å². The van der Waals surface area contributed by atoms with E-state index in [1.54, 1.807) is 18.2 Å². The third-order valence-corrected chi connectivity index (χ3v) is 3.86. The molecular formula is C12H6BrNO3S. The van der Waals surface area contributed by atoms with Crippen LogP contribution in [0.1, 0.15) is 10.6 Å². The first-order valence-electron chi connectivity index (χ1n) is 5.03. The van der Waals surface area contributed by atoms with Crippen LogP contribution >= 0.6 is 27.3 Å². The quantitative estimate of drug-likeness (QED) is 0.628. The van der Waals surface area contributed by atoms with Crippen LogP contribution in [0.3, 0.4) is 0 Å². The Morgan fingerprint density at radius 2 is 2.33 bits per heavy atom. The van der Waals surface area contributed by atoms with Gasteiger partial charge in [0.2, 0.25) is 0 Å². The smallest absolute Gasteiger partial charge is 0.363 e. The Bertz CT molecular complexity index is 655. The Morgan fingerprint density at radius 3 is 3.00 bits per heavy atom. The number of aliphatic imine (C=N–C) groups is 1. The van der Waals surface area contributed by atoms with Gasteiger partial charge < -0.3 is 9.15 Å². The second kappa shape index (κ2) is 4.55. The number of rotatable bonds is 2. The summed E-state index contributed by atoms with van der Waals surface area (Å²) in [7, 11) is 0. The number of carbonyl (C=O) groups is 1. The fourth-order valence-corrected chi connectivity index (χ4v) is 2.82. The molecule has 0 fully saturated rings. The Kier molecular flexibility index (Phi) is 2.89. The third-order valence-electron chi connectivity index (χ3n) is 2.22. The predicted octanol–water partition coefficient (Wildman–Crippen LogP) is 3.45. The molecule has 0 unspecified atom stereocenters. The number of esters is 1. The summed E-state index contributed by atoms with van der Waals surface area (Å²) in [4.78, 5) is 16.7. The third kappa shape index (κ3) is 2.16. The summed E-state index contributed by atoms with van der Waals surface area (Å²) in [5, 5.41) is 1.93. The van der Waals surface area contributed by atoms with Crippen LogP contribution in [-0.4, -0.2) is 11.9 Å². The molecule has 2 aromatic heterocycles. The summed E-state index contributed by atoms with van der Waals surface area (Å²) in [5.41, 5.74) is 0.274. The highest BCUT2D eigenvalue weighted by Gasteiger charge is 2.25. The van der Waals surface area contributed by atoms with Crippen LogP contribution in [0, 0.1) is 0 Å². The predicted molar refractivity (Wildman–Crippen MR) is 71.3 cm³/mol. The number of thiophene rings is 1. The van der Waals surface area contributed by atoms with Gasteiger partial charge in [-0.25, -0.2) is 9.79 Å². The van der Waals surface area contributed by atoms with Crippen LogP contribution in [0.2, 0.25) is 0 Å². The van der Waals surface area contributed by atoms with Crippen molar-refractivity contribution in [1.82, 2.24) is 0 Å². The standard InChI is InChI=1S/C12H6BrNO3S/c13-7-4-8(18-6-7)5-9-12(15)17-11(14-9)10-2-1-3-16-10/h1-6H. The van der Waals surface area contributed by atoms with Gasteiger partial charge in [-0.2, -0.15) is 0 Å². The van der Waals surface area contributed by atoms with E-state index in [4.69, 9.17) is 9.15 Å². The zero-order valence-electron chi connectivity index (χ0n) is 8.92. The van der Waals surface area contributed by atoms with Gasteiger partial charge in [0.15, 0.2) is 11.5 Å². The molecule has 0 spiro atoms. The SMILES string of the molecule is O=C1OC(c2ccco2)=NC1=Cc1cc(Br)cs1. The summed E-state index contributed by atoms with van der Waals surface area (Å²) >= 11 is 4.87. The van der Waals surface area contributed by atoms with Crippen LogP contribution < -0.4 is 0 Å². The van der Waals surface area contributed by atoms with Gasteiger partial charge >= 0.3 is 5.97 Å². The molecule has 0 bridgehead atoms. The van der Waals surface area contributed by atoms with Crippen molar-refractivity contribution in [3.05, 3.63) is 50.6 Å². The molecule has 3 rings (SSSR count). The Balaban J connectivity index is 1.94. The lowest BCUT2D eigenvalue weighted by Gasteiger charge is -1.91. The van der Waals surface area contributed by atoms with E-state index in [0.29, 0.717) is 5.76 Å². The average molecular weight is 324 g/mol. The second-order valence-electron chi connectivity index (χ2n) is 3.48. The fourth-order valence-electron chi connectivity index (χ4n) is 1.45. The van der Waals surface area contributed by atoms with E-state index in [9.17, 15) is 4.79 Å². The highest BCUT2D eigenvalue weighted by molar-refractivity contribution is 9.10. The molecule has 4 nitrogen and oxygen atoms in total. The average Bonchev–Trinajstić information content (AvgIpc) is 3.02. The summed E-state index contributed by atoms with van der Waals surface area (Å²) in [6.45, 7) is 0. The molecule has 2 aromatic rings. The van der Waals surface area contributed by atoms with Gasteiger partial charge in [0, 0.05) is 14.7 Å². The van der Waals surface area contributed by atoms with E-state index in [0.717, 1.165) is 9.35 Å². The number of cyclic esters (lactones) is 1. The van der Waals surface area contributed by atoms with Crippen LogP contribution in [-0.2, 0) is 9.53 Å². The molecule has 0 atom stereocenters. The summed E-state index contributed by atoms with van der Waals surface area (Å²) in [6.07, 6.45) is 3.19. The van der Waals surface area contributed by atoms with Crippen molar-refractivity contribution < 1.29 is 13.9 Å². The summed E-state index contributed by atoms with van der Waals surface area (Å²) in [5.74, 6) is 0.178. The Labute approximate surface area is 115 Å². The largest absolute Gasteiger partial charge is 0.459 e. The van der Waals surface area contributed by atoms with Crippen molar-refractivity contribution in [3.8, 4) is 0 Å². The highest BCUT2D eigenvalue weighted by atomic mass is 79.9. The van der Waals surface area contributed by atoms with E-state index < -0.39 is 5.97 Å². The molecule has 0 radical (unpaired) electrons. The van der Waals surface area contributed by atoms with Gasteiger partial charge in [-0.1, -0.05) is 0 Å².